The van der Waals surface area contributed by atoms with Crippen molar-refractivity contribution < 1.29 is 28.4 Å². The van der Waals surface area contributed by atoms with Crippen LogP contribution < -0.4 is 0 Å². The van der Waals surface area contributed by atoms with E-state index in [0.717, 1.165) is 13.2 Å². The summed E-state index contributed by atoms with van der Waals surface area (Å²) in [7, 11) is 0. The predicted molar refractivity (Wildman–Crippen MR) is 58.4 cm³/mol. The van der Waals surface area contributed by atoms with Crippen LogP contribution in [-0.2, 0) is 28.4 Å². The molecule has 0 saturated carbocycles. The van der Waals surface area contributed by atoms with Crippen molar-refractivity contribution in [1.29, 1.82) is 0 Å². The second-order valence-corrected chi connectivity index (χ2v) is 5.25. The second-order valence-electron chi connectivity index (χ2n) is 5.25. The van der Waals surface area contributed by atoms with Gasteiger partial charge in [-0.25, -0.2) is 0 Å². The summed E-state index contributed by atoms with van der Waals surface area (Å²) in [5.41, 5.74) is 0. The molecule has 0 aromatic heterocycles. The zero-order valence-corrected chi connectivity index (χ0v) is 10.2. The van der Waals surface area contributed by atoms with Crippen LogP contribution >= 0.6 is 0 Å². The summed E-state index contributed by atoms with van der Waals surface area (Å²) in [5.74, 6) is 0. The molecular formula is C12H18O6. The van der Waals surface area contributed by atoms with Crippen LogP contribution in [0.5, 0.6) is 0 Å². The molecule has 3 unspecified atom stereocenters. The van der Waals surface area contributed by atoms with E-state index in [1.165, 1.54) is 0 Å². The largest absolute Gasteiger partial charge is 0.371 e. The minimum atomic E-state index is 0.00821. The topological polar surface area (TPSA) is 62.0 Å². The van der Waals surface area contributed by atoms with Crippen LogP contribution in [0.25, 0.3) is 0 Å². The Kier molecular flexibility index (Phi) is 3.02. The van der Waals surface area contributed by atoms with Crippen LogP contribution in [-0.4, -0.2) is 76.3 Å². The van der Waals surface area contributed by atoms with Crippen LogP contribution in [0.1, 0.15) is 0 Å². The highest BCUT2D eigenvalue weighted by atomic mass is 16.7. The fourth-order valence-corrected chi connectivity index (χ4v) is 2.51. The van der Waals surface area contributed by atoms with Crippen LogP contribution in [0, 0.1) is 0 Å². The van der Waals surface area contributed by atoms with Gasteiger partial charge in [0.15, 0.2) is 0 Å². The van der Waals surface area contributed by atoms with Crippen LogP contribution in [0.2, 0.25) is 0 Å². The molecule has 4 heterocycles. The van der Waals surface area contributed by atoms with Gasteiger partial charge in [0.2, 0.25) is 0 Å². The number of rotatable bonds is 6. The molecule has 4 aliphatic rings. The third kappa shape index (κ3) is 2.41. The third-order valence-corrected chi connectivity index (χ3v) is 3.76. The van der Waals surface area contributed by atoms with Crippen molar-refractivity contribution in [2.24, 2.45) is 0 Å². The smallest absolute Gasteiger partial charge is 0.115 e. The van der Waals surface area contributed by atoms with Gasteiger partial charge in [-0.3, -0.25) is 0 Å². The Bertz CT molecular complexity index is 273. The molecule has 6 atom stereocenters. The summed E-state index contributed by atoms with van der Waals surface area (Å²) in [4.78, 5) is 0. The molecule has 102 valence electrons. The fraction of sp³-hybridized carbons (Fsp3) is 1.00. The summed E-state index contributed by atoms with van der Waals surface area (Å²) in [5, 5.41) is 0. The van der Waals surface area contributed by atoms with Crippen molar-refractivity contribution >= 4 is 0 Å². The van der Waals surface area contributed by atoms with E-state index in [9.17, 15) is 0 Å². The molecule has 0 aromatic rings. The van der Waals surface area contributed by atoms with Gasteiger partial charge in [0.05, 0.1) is 39.6 Å². The highest BCUT2D eigenvalue weighted by molar-refractivity contribution is 4.96. The summed E-state index contributed by atoms with van der Waals surface area (Å²) in [6.07, 6.45) is 0.617. The van der Waals surface area contributed by atoms with E-state index in [1.54, 1.807) is 0 Å². The maximum absolute atomic E-state index is 5.77. The first-order chi connectivity index (χ1) is 8.90. The Morgan fingerprint density at radius 2 is 1.11 bits per heavy atom. The first kappa shape index (κ1) is 11.6. The molecular weight excluding hydrogens is 240 g/mol. The van der Waals surface area contributed by atoms with Crippen LogP contribution in [0.15, 0.2) is 0 Å². The van der Waals surface area contributed by atoms with Gasteiger partial charge in [0, 0.05) is 0 Å². The lowest BCUT2D eigenvalue weighted by atomic mass is 10.1. The molecule has 4 saturated heterocycles. The maximum Gasteiger partial charge on any atom is 0.115 e. The molecule has 0 radical (unpaired) electrons. The van der Waals surface area contributed by atoms with E-state index in [0.29, 0.717) is 26.4 Å². The summed E-state index contributed by atoms with van der Waals surface area (Å²) < 4.78 is 33.3. The fourth-order valence-electron chi connectivity index (χ4n) is 2.51. The Hall–Kier alpha value is -0.240. The van der Waals surface area contributed by atoms with Crippen molar-refractivity contribution in [3.63, 3.8) is 0 Å². The van der Waals surface area contributed by atoms with E-state index in [2.05, 4.69) is 0 Å². The quantitative estimate of drug-likeness (QED) is 0.590. The molecule has 0 aliphatic carbocycles. The molecule has 0 N–H and O–H groups in total. The molecule has 6 nitrogen and oxygen atoms in total. The van der Waals surface area contributed by atoms with Gasteiger partial charge in [-0.15, -0.1) is 0 Å². The number of epoxide rings is 2. The predicted octanol–water partition coefficient (Wildman–Crippen LogP) is -0.648. The number of hydrogen-bond donors (Lipinski definition) is 0. The van der Waals surface area contributed by atoms with Gasteiger partial charge >= 0.3 is 0 Å². The minimum Gasteiger partial charge on any atom is -0.371 e. The van der Waals surface area contributed by atoms with Crippen molar-refractivity contribution in [2.45, 2.75) is 36.6 Å². The Balaban J connectivity index is 1.27. The van der Waals surface area contributed by atoms with Gasteiger partial charge < -0.3 is 28.4 Å². The van der Waals surface area contributed by atoms with Crippen molar-refractivity contribution in [3.05, 3.63) is 0 Å². The molecule has 0 aromatic carbocycles. The SMILES string of the molecule is C1OC1CO[C@@H]1COC2C1OC[C@@H]2OC[C@@H]1CO1. The molecule has 0 amide bonds. The zero-order chi connectivity index (χ0) is 11.9. The highest BCUT2D eigenvalue weighted by Crippen LogP contribution is 2.31. The molecule has 4 fully saturated rings. The highest BCUT2D eigenvalue weighted by Gasteiger charge is 2.49. The van der Waals surface area contributed by atoms with Crippen LogP contribution in [0.4, 0.5) is 0 Å². The average molecular weight is 258 g/mol. The standard InChI is InChI=1S/C12H18O6/c1-7(13-1)3-15-9-5-17-12-10(6-18-11(9)12)16-4-8-2-14-8/h7-12H,1-6H2/t7-,8?,9-,10+,11?,12?/m0/s1. The molecule has 0 spiro atoms. The minimum absolute atomic E-state index is 0.00821. The van der Waals surface area contributed by atoms with E-state index in [1.807, 2.05) is 0 Å². The maximum atomic E-state index is 5.77. The molecule has 4 rings (SSSR count). The van der Waals surface area contributed by atoms with Gasteiger partial charge in [-0.1, -0.05) is 0 Å². The van der Waals surface area contributed by atoms with Gasteiger partial charge in [0.25, 0.3) is 0 Å². The summed E-state index contributed by atoms with van der Waals surface area (Å²) in [6, 6.07) is 0. The Labute approximate surface area is 105 Å². The zero-order valence-electron chi connectivity index (χ0n) is 10.2. The first-order valence-electron chi connectivity index (χ1n) is 6.60. The number of ether oxygens (including phenoxy) is 6. The molecule has 0 bridgehead atoms. The van der Waals surface area contributed by atoms with E-state index in [-0.39, 0.29) is 36.6 Å². The van der Waals surface area contributed by atoms with Crippen LogP contribution in [0.3, 0.4) is 0 Å². The van der Waals surface area contributed by atoms with Crippen molar-refractivity contribution in [3.8, 4) is 0 Å². The second kappa shape index (κ2) is 4.70. The lowest BCUT2D eigenvalue weighted by Crippen LogP contribution is -2.35. The lowest BCUT2D eigenvalue weighted by Gasteiger charge is -2.16. The van der Waals surface area contributed by atoms with Crippen molar-refractivity contribution in [1.82, 2.24) is 0 Å². The van der Waals surface area contributed by atoms with E-state index < -0.39 is 0 Å². The van der Waals surface area contributed by atoms with E-state index in [4.69, 9.17) is 28.4 Å². The van der Waals surface area contributed by atoms with E-state index >= 15 is 0 Å². The average Bonchev–Trinajstić information content (AvgIpc) is 3.28. The summed E-state index contributed by atoms with van der Waals surface area (Å²) in [6.45, 7) is 4.08. The normalized spacial score (nSPS) is 49.3. The summed E-state index contributed by atoms with van der Waals surface area (Å²) >= 11 is 0. The Morgan fingerprint density at radius 3 is 1.50 bits per heavy atom. The molecule has 4 aliphatic heterocycles. The van der Waals surface area contributed by atoms with Gasteiger partial charge in [-0.2, -0.15) is 0 Å². The van der Waals surface area contributed by atoms with Gasteiger partial charge in [-0.05, 0) is 0 Å². The number of fused-ring (bicyclic) bond motifs is 1. The lowest BCUT2D eigenvalue weighted by molar-refractivity contribution is -0.0541. The first-order valence-corrected chi connectivity index (χ1v) is 6.60. The monoisotopic (exact) mass is 258 g/mol. The van der Waals surface area contributed by atoms with Gasteiger partial charge in [0.1, 0.15) is 36.6 Å². The number of hydrogen-bond acceptors (Lipinski definition) is 6. The van der Waals surface area contributed by atoms with Crippen molar-refractivity contribution in [2.75, 3.05) is 39.6 Å². The third-order valence-electron chi connectivity index (χ3n) is 3.76. The molecule has 18 heavy (non-hydrogen) atoms. The Morgan fingerprint density at radius 1 is 0.667 bits per heavy atom. The molecule has 6 heteroatoms.